The third-order valence-electron chi connectivity index (χ3n) is 3.86. The number of rotatable bonds is 4. The Hall–Kier alpha value is -2.59. The predicted octanol–water partition coefficient (Wildman–Crippen LogP) is 4.83. The summed E-state index contributed by atoms with van der Waals surface area (Å²) in [4.78, 5) is 14.6. The largest absolute Gasteiger partial charge is 0.360 e. The highest BCUT2D eigenvalue weighted by Gasteiger charge is 2.26. The fourth-order valence-corrected chi connectivity index (χ4v) is 2.65. The van der Waals surface area contributed by atoms with Gasteiger partial charge in [0.05, 0.1) is 0 Å². The van der Waals surface area contributed by atoms with Gasteiger partial charge in [0.2, 0.25) is 0 Å². The molecule has 0 N–H and O–H groups in total. The minimum Gasteiger partial charge on any atom is -0.360 e. The Bertz CT molecular complexity index is 842. The summed E-state index contributed by atoms with van der Waals surface area (Å²) in [6.45, 7) is 1.94. The zero-order valence-corrected chi connectivity index (χ0v) is 14.2. The van der Waals surface area contributed by atoms with Gasteiger partial charge in [-0.25, -0.2) is 0 Å². The first-order valence-corrected chi connectivity index (χ1v) is 8.07. The van der Waals surface area contributed by atoms with Crippen molar-refractivity contribution in [3.63, 3.8) is 0 Å². The van der Waals surface area contributed by atoms with Gasteiger partial charge in [-0.05, 0) is 24.3 Å². The van der Waals surface area contributed by atoms with Crippen LogP contribution < -0.4 is 4.90 Å². The summed E-state index contributed by atoms with van der Waals surface area (Å²) in [5, 5.41) is 4.75. The molecule has 5 heteroatoms. The fraction of sp³-hybridized carbons (Fsp3) is 0.158. The number of aromatic nitrogens is 1. The van der Waals surface area contributed by atoms with Gasteiger partial charge in [-0.2, -0.15) is 0 Å². The number of aryl methyl sites for hydroxylation is 1. The molecule has 0 aliphatic rings. The molecule has 2 aromatic carbocycles. The van der Waals surface area contributed by atoms with Crippen molar-refractivity contribution in [1.82, 2.24) is 5.16 Å². The van der Waals surface area contributed by atoms with Gasteiger partial charge in [0.25, 0.3) is 5.91 Å². The topological polar surface area (TPSA) is 46.3 Å². The maximum absolute atomic E-state index is 13.1. The molecular formula is C19H17ClN2O2. The number of hydrogen-bond donors (Lipinski definition) is 0. The van der Waals surface area contributed by atoms with E-state index in [1.807, 2.05) is 49.4 Å². The van der Waals surface area contributed by atoms with Crippen LogP contribution in [-0.4, -0.2) is 18.1 Å². The first-order chi connectivity index (χ1) is 11.6. The average Bonchev–Trinajstić information content (AvgIpc) is 3.06. The number of halogens is 1. The first-order valence-electron chi connectivity index (χ1n) is 7.69. The van der Waals surface area contributed by atoms with Crippen LogP contribution in [0.25, 0.3) is 11.3 Å². The standard InChI is InChI=1S/C19H17ClN2O2/c1-3-16-17(18(21-24-16)13-7-5-4-6-8-13)19(23)22(2)15-11-9-14(20)10-12-15/h4-12H,3H2,1-2H3. The number of hydrogen-bond acceptors (Lipinski definition) is 3. The van der Waals surface area contributed by atoms with Gasteiger partial charge in [-0.15, -0.1) is 0 Å². The lowest BCUT2D eigenvalue weighted by atomic mass is 10.0. The van der Waals surface area contributed by atoms with E-state index in [4.69, 9.17) is 16.1 Å². The smallest absolute Gasteiger partial charge is 0.263 e. The molecule has 0 saturated heterocycles. The fourth-order valence-electron chi connectivity index (χ4n) is 2.53. The van der Waals surface area contributed by atoms with Crippen LogP contribution in [0.5, 0.6) is 0 Å². The van der Waals surface area contributed by atoms with E-state index in [9.17, 15) is 4.79 Å². The summed E-state index contributed by atoms with van der Waals surface area (Å²) >= 11 is 5.92. The van der Waals surface area contributed by atoms with Crippen LogP contribution in [-0.2, 0) is 6.42 Å². The summed E-state index contributed by atoms with van der Waals surface area (Å²) in [5.74, 6) is 0.425. The van der Waals surface area contributed by atoms with Crippen molar-refractivity contribution < 1.29 is 9.32 Å². The molecule has 0 atom stereocenters. The van der Waals surface area contributed by atoms with Gasteiger partial charge in [-0.1, -0.05) is 54.0 Å². The van der Waals surface area contributed by atoms with Gasteiger partial charge in [0, 0.05) is 29.7 Å². The normalized spacial score (nSPS) is 10.6. The van der Waals surface area contributed by atoms with Crippen molar-refractivity contribution in [2.24, 2.45) is 0 Å². The summed E-state index contributed by atoms with van der Waals surface area (Å²) in [6, 6.07) is 16.7. The Morgan fingerprint density at radius 1 is 1.12 bits per heavy atom. The highest BCUT2D eigenvalue weighted by atomic mass is 35.5. The van der Waals surface area contributed by atoms with E-state index in [1.165, 1.54) is 0 Å². The Morgan fingerprint density at radius 3 is 2.42 bits per heavy atom. The second-order valence-electron chi connectivity index (χ2n) is 5.39. The molecule has 3 rings (SSSR count). The zero-order valence-electron chi connectivity index (χ0n) is 13.5. The predicted molar refractivity (Wildman–Crippen MR) is 95.5 cm³/mol. The molecule has 4 nitrogen and oxygen atoms in total. The van der Waals surface area contributed by atoms with Crippen LogP contribution in [0.3, 0.4) is 0 Å². The molecule has 122 valence electrons. The summed E-state index contributed by atoms with van der Waals surface area (Å²) < 4.78 is 5.41. The molecule has 24 heavy (non-hydrogen) atoms. The van der Waals surface area contributed by atoms with Gasteiger partial charge in [-0.3, -0.25) is 4.79 Å². The van der Waals surface area contributed by atoms with E-state index in [2.05, 4.69) is 5.16 Å². The van der Waals surface area contributed by atoms with Crippen LogP contribution in [0.15, 0.2) is 59.1 Å². The molecule has 1 amide bonds. The van der Waals surface area contributed by atoms with Gasteiger partial charge >= 0.3 is 0 Å². The molecule has 0 aliphatic heterocycles. The molecule has 0 fully saturated rings. The minimum atomic E-state index is -0.158. The Kier molecular flexibility index (Phi) is 4.67. The monoisotopic (exact) mass is 340 g/mol. The Morgan fingerprint density at radius 2 is 1.79 bits per heavy atom. The molecule has 0 spiro atoms. The van der Waals surface area contributed by atoms with E-state index < -0.39 is 0 Å². The number of carbonyl (C=O) groups is 1. The Balaban J connectivity index is 2.03. The number of anilines is 1. The van der Waals surface area contributed by atoms with E-state index >= 15 is 0 Å². The second kappa shape index (κ2) is 6.89. The SMILES string of the molecule is CCc1onc(-c2ccccc2)c1C(=O)N(C)c1ccc(Cl)cc1. The maximum atomic E-state index is 13.1. The van der Waals surface area contributed by atoms with Crippen molar-refractivity contribution in [3.8, 4) is 11.3 Å². The molecule has 0 unspecified atom stereocenters. The Labute approximate surface area is 145 Å². The lowest BCUT2D eigenvalue weighted by Gasteiger charge is -2.17. The maximum Gasteiger partial charge on any atom is 0.263 e. The van der Waals surface area contributed by atoms with Gasteiger partial charge in [0.15, 0.2) is 0 Å². The number of carbonyl (C=O) groups excluding carboxylic acids is 1. The molecule has 0 saturated carbocycles. The second-order valence-corrected chi connectivity index (χ2v) is 5.83. The lowest BCUT2D eigenvalue weighted by molar-refractivity contribution is 0.0991. The molecule has 0 bridgehead atoms. The summed E-state index contributed by atoms with van der Waals surface area (Å²) in [5.41, 5.74) is 2.68. The third-order valence-corrected chi connectivity index (χ3v) is 4.12. The number of benzene rings is 2. The number of amides is 1. The van der Waals surface area contributed by atoms with E-state index in [1.54, 1.807) is 24.1 Å². The molecule has 1 heterocycles. The quantitative estimate of drug-likeness (QED) is 0.683. The van der Waals surface area contributed by atoms with Crippen LogP contribution in [0.2, 0.25) is 5.02 Å². The van der Waals surface area contributed by atoms with Crippen molar-refractivity contribution >= 4 is 23.2 Å². The van der Waals surface area contributed by atoms with Crippen LogP contribution >= 0.6 is 11.6 Å². The van der Waals surface area contributed by atoms with E-state index in [-0.39, 0.29) is 5.91 Å². The van der Waals surface area contributed by atoms with Crippen LogP contribution in [0.4, 0.5) is 5.69 Å². The average molecular weight is 341 g/mol. The number of nitrogens with zero attached hydrogens (tertiary/aromatic N) is 2. The van der Waals surface area contributed by atoms with Crippen molar-refractivity contribution in [2.75, 3.05) is 11.9 Å². The molecule has 0 aliphatic carbocycles. The first kappa shape index (κ1) is 16.3. The summed E-state index contributed by atoms with van der Waals surface area (Å²) in [6.07, 6.45) is 0.593. The van der Waals surface area contributed by atoms with Crippen molar-refractivity contribution in [3.05, 3.63) is 70.9 Å². The molecule has 0 radical (unpaired) electrons. The highest BCUT2D eigenvalue weighted by Crippen LogP contribution is 2.28. The minimum absolute atomic E-state index is 0.158. The molecule has 1 aromatic heterocycles. The van der Waals surface area contributed by atoms with Crippen molar-refractivity contribution in [2.45, 2.75) is 13.3 Å². The van der Waals surface area contributed by atoms with Gasteiger partial charge in [0.1, 0.15) is 17.0 Å². The van der Waals surface area contributed by atoms with Gasteiger partial charge < -0.3 is 9.42 Å². The highest BCUT2D eigenvalue weighted by molar-refractivity contribution is 6.30. The van der Waals surface area contributed by atoms with E-state index in [0.717, 1.165) is 11.3 Å². The summed E-state index contributed by atoms with van der Waals surface area (Å²) in [7, 11) is 1.73. The van der Waals surface area contributed by atoms with Crippen LogP contribution in [0.1, 0.15) is 23.0 Å². The molecular weight excluding hydrogens is 324 g/mol. The van der Waals surface area contributed by atoms with Crippen LogP contribution in [0, 0.1) is 0 Å². The zero-order chi connectivity index (χ0) is 17.1. The van der Waals surface area contributed by atoms with E-state index in [0.29, 0.717) is 28.5 Å². The van der Waals surface area contributed by atoms with Crippen molar-refractivity contribution in [1.29, 1.82) is 0 Å². The molecule has 3 aromatic rings. The third kappa shape index (κ3) is 3.05. The lowest BCUT2D eigenvalue weighted by Crippen LogP contribution is -2.27.